The van der Waals surface area contributed by atoms with Crippen LogP contribution in [-0.2, 0) is 4.79 Å². The monoisotopic (exact) mass is 205 g/mol. The highest BCUT2D eigenvalue weighted by atomic mass is 32.2. The van der Waals surface area contributed by atoms with Crippen molar-refractivity contribution >= 4 is 18.0 Å². The summed E-state index contributed by atoms with van der Waals surface area (Å²) in [4.78, 5) is 10.5. The van der Waals surface area contributed by atoms with E-state index in [0.717, 1.165) is 17.8 Å². The summed E-state index contributed by atoms with van der Waals surface area (Å²) in [7, 11) is 1.68. The zero-order valence-corrected chi connectivity index (χ0v) is 9.30. The molecule has 3 nitrogen and oxygen atoms in total. The van der Waals surface area contributed by atoms with Crippen molar-refractivity contribution < 1.29 is 9.90 Å². The molecule has 0 saturated carbocycles. The number of carbonyl (C=O) groups excluding carboxylic acids is 1. The second-order valence-electron chi connectivity index (χ2n) is 3.08. The fraction of sp³-hybridized carbons (Fsp3) is 0.889. The van der Waals surface area contributed by atoms with E-state index in [-0.39, 0.29) is 5.92 Å². The van der Waals surface area contributed by atoms with E-state index in [9.17, 15) is 9.90 Å². The highest BCUT2D eigenvalue weighted by Gasteiger charge is 2.22. The minimum Gasteiger partial charge on any atom is -0.391 e. The van der Waals surface area contributed by atoms with Crippen molar-refractivity contribution in [3.8, 4) is 0 Å². The predicted molar refractivity (Wildman–Crippen MR) is 57.1 cm³/mol. The van der Waals surface area contributed by atoms with E-state index in [0.29, 0.717) is 0 Å². The third kappa shape index (κ3) is 4.64. The van der Waals surface area contributed by atoms with E-state index in [1.54, 1.807) is 18.8 Å². The molecule has 0 heterocycles. The molecule has 13 heavy (non-hydrogen) atoms. The van der Waals surface area contributed by atoms with Crippen LogP contribution in [0.15, 0.2) is 0 Å². The summed E-state index contributed by atoms with van der Waals surface area (Å²) in [5, 5.41) is 12.5. The molecule has 0 aliphatic heterocycles. The molecule has 0 saturated heterocycles. The number of hydrogen-bond acceptors (Lipinski definition) is 4. The molecule has 0 aliphatic carbocycles. The van der Waals surface area contributed by atoms with Crippen LogP contribution >= 0.6 is 11.8 Å². The van der Waals surface area contributed by atoms with Crippen LogP contribution in [0.4, 0.5) is 0 Å². The zero-order valence-electron chi connectivity index (χ0n) is 8.49. The molecule has 0 aromatic rings. The normalized spacial score (nSPS) is 17.8. The van der Waals surface area contributed by atoms with Gasteiger partial charge in [-0.1, -0.05) is 13.8 Å². The van der Waals surface area contributed by atoms with Crippen molar-refractivity contribution in [2.45, 2.75) is 26.0 Å². The maximum atomic E-state index is 10.5. The fourth-order valence-corrected chi connectivity index (χ4v) is 1.88. The second kappa shape index (κ2) is 7.35. The standard InChI is InChI=1S/C9H19NO2S/c1-4-13-6-7(2)9(12)8(5-11)10-3/h5,7-10,12H,4,6H2,1-3H3. The summed E-state index contributed by atoms with van der Waals surface area (Å²) >= 11 is 1.78. The van der Waals surface area contributed by atoms with Crippen LogP contribution in [0.3, 0.4) is 0 Å². The van der Waals surface area contributed by atoms with E-state index < -0.39 is 12.1 Å². The van der Waals surface area contributed by atoms with Crippen LogP contribution < -0.4 is 5.32 Å². The van der Waals surface area contributed by atoms with Gasteiger partial charge in [0.25, 0.3) is 0 Å². The highest BCUT2D eigenvalue weighted by Crippen LogP contribution is 2.13. The number of aliphatic hydroxyl groups is 1. The maximum absolute atomic E-state index is 10.5. The maximum Gasteiger partial charge on any atom is 0.139 e. The topological polar surface area (TPSA) is 49.3 Å². The van der Waals surface area contributed by atoms with Crippen molar-refractivity contribution in [2.24, 2.45) is 5.92 Å². The number of thioether (sulfide) groups is 1. The highest BCUT2D eigenvalue weighted by molar-refractivity contribution is 7.99. The minimum atomic E-state index is -0.582. The number of nitrogens with one attached hydrogen (secondary N) is 1. The third-order valence-corrected chi connectivity index (χ3v) is 3.19. The molecule has 3 unspecified atom stereocenters. The van der Waals surface area contributed by atoms with Gasteiger partial charge in [-0.05, 0) is 24.5 Å². The molecule has 0 aromatic carbocycles. The van der Waals surface area contributed by atoms with Gasteiger partial charge in [-0.3, -0.25) is 0 Å². The molecular formula is C9H19NO2S. The molecule has 3 atom stereocenters. The van der Waals surface area contributed by atoms with Crippen LogP contribution in [0, 0.1) is 5.92 Å². The predicted octanol–water partition coefficient (Wildman–Crippen LogP) is 0.523. The number of likely N-dealkylation sites (N-methyl/N-ethyl adjacent to an activating group) is 1. The van der Waals surface area contributed by atoms with Gasteiger partial charge in [0.05, 0.1) is 12.1 Å². The second-order valence-corrected chi connectivity index (χ2v) is 4.40. The van der Waals surface area contributed by atoms with E-state index in [2.05, 4.69) is 12.2 Å². The Balaban J connectivity index is 3.90. The number of aldehydes is 1. The van der Waals surface area contributed by atoms with Gasteiger partial charge in [-0.2, -0.15) is 11.8 Å². The van der Waals surface area contributed by atoms with Crippen LogP contribution in [0.2, 0.25) is 0 Å². The SMILES string of the molecule is CCSCC(C)C(O)C(C=O)NC. The smallest absolute Gasteiger partial charge is 0.139 e. The average Bonchev–Trinajstić information content (AvgIpc) is 2.15. The summed E-state index contributed by atoms with van der Waals surface area (Å²) in [6.45, 7) is 4.04. The van der Waals surface area contributed by atoms with Crippen molar-refractivity contribution in [1.29, 1.82) is 0 Å². The molecule has 2 N–H and O–H groups in total. The molecule has 4 heteroatoms. The molecule has 0 aromatic heterocycles. The Morgan fingerprint density at radius 3 is 2.62 bits per heavy atom. The first-order chi connectivity index (χ1) is 6.17. The molecule has 0 rings (SSSR count). The molecular weight excluding hydrogens is 186 g/mol. The minimum absolute atomic E-state index is 0.146. The van der Waals surface area contributed by atoms with Crippen LogP contribution in [0.25, 0.3) is 0 Å². The van der Waals surface area contributed by atoms with Crippen molar-refractivity contribution in [3.05, 3.63) is 0 Å². The van der Waals surface area contributed by atoms with Crippen molar-refractivity contribution in [1.82, 2.24) is 5.32 Å². The van der Waals surface area contributed by atoms with E-state index in [1.807, 2.05) is 6.92 Å². The Kier molecular flexibility index (Phi) is 7.32. The summed E-state index contributed by atoms with van der Waals surface area (Å²) in [6, 6.07) is -0.438. The van der Waals surface area contributed by atoms with Crippen LogP contribution in [-0.4, -0.2) is 42.1 Å². The van der Waals surface area contributed by atoms with Gasteiger partial charge in [0.2, 0.25) is 0 Å². The molecule has 0 bridgehead atoms. The number of carbonyl (C=O) groups is 1. The summed E-state index contributed by atoms with van der Waals surface area (Å²) < 4.78 is 0. The first-order valence-electron chi connectivity index (χ1n) is 4.55. The Bertz CT molecular complexity index is 144. The van der Waals surface area contributed by atoms with E-state index >= 15 is 0 Å². The lowest BCUT2D eigenvalue weighted by atomic mass is 10.0. The molecule has 0 spiro atoms. The van der Waals surface area contributed by atoms with Crippen molar-refractivity contribution in [2.75, 3.05) is 18.6 Å². The van der Waals surface area contributed by atoms with Gasteiger partial charge in [-0.15, -0.1) is 0 Å². The Hall–Kier alpha value is -0.0600. The number of aliphatic hydroxyl groups excluding tert-OH is 1. The lowest BCUT2D eigenvalue weighted by Crippen LogP contribution is -2.43. The van der Waals surface area contributed by atoms with E-state index in [4.69, 9.17) is 0 Å². The number of hydrogen-bond donors (Lipinski definition) is 2. The molecule has 0 fully saturated rings. The lowest BCUT2D eigenvalue weighted by Gasteiger charge is -2.22. The molecule has 0 aliphatic rings. The summed E-state index contributed by atoms with van der Waals surface area (Å²) in [6.07, 6.45) is 0.180. The van der Waals surface area contributed by atoms with Crippen LogP contribution in [0.5, 0.6) is 0 Å². The van der Waals surface area contributed by atoms with Gasteiger partial charge in [0, 0.05) is 0 Å². The summed E-state index contributed by atoms with van der Waals surface area (Å²) in [5.41, 5.74) is 0. The first-order valence-corrected chi connectivity index (χ1v) is 5.71. The van der Waals surface area contributed by atoms with Gasteiger partial charge in [0.15, 0.2) is 0 Å². The summed E-state index contributed by atoms with van der Waals surface area (Å²) in [5.74, 6) is 2.08. The molecule has 78 valence electrons. The van der Waals surface area contributed by atoms with Crippen LogP contribution in [0.1, 0.15) is 13.8 Å². The molecule has 0 amide bonds. The number of rotatable bonds is 7. The fourth-order valence-electron chi connectivity index (χ4n) is 1.08. The van der Waals surface area contributed by atoms with Gasteiger partial charge < -0.3 is 15.2 Å². The average molecular weight is 205 g/mol. The Labute approximate surface area is 84.3 Å². The lowest BCUT2D eigenvalue weighted by molar-refractivity contribution is -0.112. The van der Waals surface area contributed by atoms with Gasteiger partial charge in [0.1, 0.15) is 6.29 Å². The molecule has 0 radical (unpaired) electrons. The zero-order chi connectivity index (χ0) is 10.3. The van der Waals surface area contributed by atoms with E-state index in [1.165, 1.54) is 0 Å². The quantitative estimate of drug-likeness (QED) is 0.595. The first kappa shape index (κ1) is 12.9. The van der Waals surface area contributed by atoms with Gasteiger partial charge in [-0.25, -0.2) is 0 Å². The largest absolute Gasteiger partial charge is 0.391 e. The Morgan fingerprint density at radius 2 is 2.23 bits per heavy atom. The van der Waals surface area contributed by atoms with Crippen molar-refractivity contribution in [3.63, 3.8) is 0 Å². The third-order valence-electron chi connectivity index (χ3n) is 2.02. The Morgan fingerprint density at radius 1 is 1.62 bits per heavy atom. The van der Waals surface area contributed by atoms with Gasteiger partial charge >= 0.3 is 0 Å².